The number of nitrogens with zero attached hydrogens (tertiary/aromatic N) is 1. The number of carbonyl (C=O) groups excluding carboxylic acids is 1. The Bertz CT molecular complexity index is 1220. The number of benzene rings is 3. The number of hydrogen-bond donors (Lipinski definition) is 1. The molecule has 0 unspecified atom stereocenters. The summed E-state index contributed by atoms with van der Waals surface area (Å²) in [5.41, 5.74) is 3.15. The van der Waals surface area contributed by atoms with Crippen molar-refractivity contribution in [3.63, 3.8) is 0 Å². The maximum Gasteiger partial charge on any atom is 0.416 e. The molecule has 9 heteroatoms. The second-order valence-electron chi connectivity index (χ2n) is 9.07. The highest BCUT2D eigenvalue weighted by Crippen LogP contribution is 2.43. The molecular formula is C29H32ClF3N2O3. The molecular weight excluding hydrogens is 517 g/mol. The van der Waals surface area contributed by atoms with Crippen LogP contribution in [0.3, 0.4) is 0 Å². The van der Waals surface area contributed by atoms with Gasteiger partial charge in [0.2, 0.25) is 5.91 Å². The van der Waals surface area contributed by atoms with E-state index in [9.17, 15) is 18.0 Å². The van der Waals surface area contributed by atoms with Gasteiger partial charge in [0.1, 0.15) is 6.04 Å². The number of aryl methyl sites for hydroxylation is 1. The fourth-order valence-electron chi connectivity index (χ4n) is 5.11. The van der Waals surface area contributed by atoms with Gasteiger partial charge in [-0.15, -0.1) is 12.4 Å². The second-order valence-corrected chi connectivity index (χ2v) is 9.07. The molecule has 1 heterocycles. The number of nitrogens with one attached hydrogen (secondary N) is 1. The summed E-state index contributed by atoms with van der Waals surface area (Å²) < 4.78 is 50.2. The van der Waals surface area contributed by atoms with Crippen LogP contribution in [0.15, 0.2) is 66.7 Å². The van der Waals surface area contributed by atoms with Gasteiger partial charge in [0.25, 0.3) is 0 Å². The predicted molar refractivity (Wildman–Crippen MR) is 143 cm³/mol. The van der Waals surface area contributed by atoms with Crippen molar-refractivity contribution in [1.29, 1.82) is 0 Å². The quantitative estimate of drug-likeness (QED) is 0.366. The van der Waals surface area contributed by atoms with Gasteiger partial charge < -0.3 is 14.8 Å². The van der Waals surface area contributed by atoms with E-state index in [2.05, 4.69) is 10.2 Å². The predicted octanol–water partition coefficient (Wildman–Crippen LogP) is 6.16. The Morgan fingerprint density at radius 1 is 1.03 bits per heavy atom. The Kier molecular flexibility index (Phi) is 9.68. The topological polar surface area (TPSA) is 50.8 Å². The molecule has 38 heavy (non-hydrogen) atoms. The SMILES string of the molecule is CNC(=O)[C@H](c1ccccc1)N1CCc2cc(OC)c(OC)cc2[C@@H]1CCc1ccc(C(F)(F)F)cc1.Cl. The van der Waals surface area contributed by atoms with E-state index in [0.29, 0.717) is 37.3 Å². The average molecular weight is 549 g/mol. The van der Waals surface area contributed by atoms with Crippen molar-refractivity contribution in [2.75, 3.05) is 27.8 Å². The summed E-state index contributed by atoms with van der Waals surface area (Å²) in [4.78, 5) is 15.4. The van der Waals surface area contributed by atoms with Crippen molar-refractivity contribution in [2.24, 2.45) is 0 Å². The highest BCUT2D eigenvalue weighted by atomic mass is 35.5. The minimum atomic E-state index is -4.37. The van der Waals surface area contributed by atoms with Crippen LogP contribution in [-0.2, 0) is 23.8 Å². The zero-order valence-corrected chi connectivity index (χ0v) is 22.4. The fourth-order valence-corrected chi connectivity index (χ4v) is 5.11. The van der Waals surface area contributed by atoms with Crippen molar-refractivity contribution >= 4 is 18.3 Å². The number of halogens is 4. The fraction of sp³-hybridized carbons (Fsp3) is 0.345. The van der Waals surface area contributed by atoms with Crippen LogP contribution in [0, 0.1) is 0 Å². The first kappa shape index (κ1) is 29.3. The lowest BCUT2D eigenvalue weighted by Crippen LogP contribution is -2.44. The molecule has 5 nitrogen and oxygen atoms in total. The van der Waals surface area contributed by atoms with Crippen molar-refractivity contribution in [1.82, 2.24) is 10.2 Å². The van der Waals surface area contributed by atoms with E-state index in [1.807, 2.05) is 42.5 Å². The average Bonchev–Trinajstić information content (AvgIpc) is 2.91. The molecule has 0 fully saturated rings. The molecule has 0 aromatic heterocycles. The first-order valence-electron chi connectivity index (χ1n) is 12.2. The lowest BCUT2D eigenvalue weighted by molar-refractivity contribution is -0.137. The number of carbonyl (C=O) groups is 1. The van der Waals surface area contributed by atoms with Crippen LogP contribution < -0.4 is 14.8 Å². The van der Waals surface area contributed by atoms with E-state index in [-0.39, 0.29) is 24.4 Å². The minimum Gasteiger partial charge on any atom is -0.493 e. The summed E-state index contributed by atoms with van der Waals surface area (Å²) in [5.74, 6) is 1.12. The largest absolute Gasteiger partial charge is 0.493 e. The van der Waals surface area contributed by atoms with Gasteiger partial charge in [0.15, 0.2) is 11.5 Å². The smallest absolute Gasteiger partial charge is 0.416 e. The maximum absolute atomic E-state index is 13.2. The Labute approximate surface area is 227 Å². The van der Waals surface area contributed by atoms with Crippen LogP contribution in [0.5, 0.6) is 11.5 Å². The number of hydrogen-bond acceptors (Lipinski definition) is 4. The van der Waals surface area contributed by atoms with Crippen LogP contribution in [0.2, 0.25) is 0 Å². The molecule has 204 valence electrons. The van der Waals surface area contributed by atoms with Gasteiger partial charge in [-0.25, -0.2) is 0 Å². The van der Waals surface area contributed by atoms with Crippen molar-refractivity contribution in [3.05, 3.63) is 94.5 Å². The number of amides is 1. The highest BCUT2D eigenvalue weighted by molar-refractivity contribution is 5.85. The van der Waals surface area contributed by atoms with E-state index in [1.54, 1.807) is 21.3 Å². The van der Waals surface area contributed by atoms with Crippen LogP contribution in [0.1, 0.15) is 46.3 Å². The van der Waals surface area contributed by atoms with Gasteiger partial charge in [-0.3, -0.25) is 9.69 Å². The Morgan fingerprint density at radius 2 is 1.66 bits per heavy atom. The molecule has 0 saturated carbocycles. The Hall–Kier alpha value is -3.23. The van der Waals surface area contributed by atoms with Crippen molar-refractivity contribution < 1.29 is 27.4 Å². The van der Waals surface area contributed by atoms with E-state index in [0.717, 1.165) is 34.4 Å². The zero-order chi connectivity index (χ0) is 26.6. The van der Waals surface area contributed by atoms with Crippen molar-refractivity contribution in [3.8, 4) is 11.5 Å². The molecule has 1 N–H and O–H groups in total. The van der Waals surface area contributed by atoms with Gasteiger partial charge in [-0.2, -0.15) is 13.2 Å². The lowest BCUT2D eigenvalue weighted by atomic mass is 9.86. The Balaban J connectivity index is 0.00000400. The van der Waals surface area contributed by atoms with Crippen LogP contribution in [0.25, 0.3) is 0 Å². The lowest BCUT2D eigenvalue weighted by Gasteiger charge is -2.42. The second kappa shape index (κ2) is 12.5. The molecule has 1 amide bonds. The zero-order valence-electron chi connectivity index (χ0n) is 21.5. The number of fused-ring (bicyclic) bond motifs is 1. The monoisotopic (exact) mass is 548 g/mol. The molecule has 0 saturated heterocycles. The number of alkyl halides is 3. The molecule has 3 aromatic carbocycles. The first-order valence-corrected chi connectivity index (χ1v) is 12.2. The third-order valence-electron chi connectivity index (χ3n) is 6.97. The number of ether oxygens (including phenoxy) is 2. The summed E-state index contributed by atoms with van der Waals surface area (Å²) >= 11 is 0. The molecule has 0 bridgehead atoms. The summed E-state index contributed by atoms with van der Waals surface area (Å²) in [6.45, 7) is 0.632. The maximum atomic E-state index is 13.2. The summed E-state index contributed by atoms with van der Waals surface area (Å²) in [6, 6.07) is 18.2. The third kappa shape index (κ3) is 6.25. The minimum absolute atomic E-state index is 0. The van der Waals surface area contributed by atoms with E-state index >= 15 is 0 Å². The number of likely N-dealkylation sites (N-methyl/N-ethyl adjacent to an activating group) is 1. The van der Waals surface area contributed by atoms with Crippen LogP contribution in [-0.4, -0.2) is 38.6 Å². The third-order valence-corrected chi connectivity index (χ3v) is 6.97. The molecule has 2 atom stereocenters. The molecule has 0 aliphatic carbocycles. The van der Waals surface area contributed by atoms with E-state index < -0.39 is 17.8 Å². The highest BCUT2D eigenvalue weighted by Gasteiger charge is 2.37. The van der Waals surface area contributed by atoms with E-state index in [1.165, 1.54) is 12.1 Å². The summed E-state index contributed by atoms with van der Waals surface area (Å²) in [6.07, 6.45) is -2.51. The number of rotatable bonds is 8. The first-order chi connectivity index (χ1) is 17.8. The van der Waals surface area contributed by atoms with Gasteiger partial charge >= 0.3 is 6.18 Å². The van der Waals surface area contributed by atoms with Gasteiger partial charge in [-0.05, 0) is 65.8 Å². The molecule has 0 spiro atoms. The molecule has 4 rings (SSSR count). The van der Waals surface area contributed by atoms with Gasteiger partial charge in [-0.1, -0.05) is 42.5 Å². The summed E-state index contributed by atoms with van der Waals surface area (Å²) in [5, 5.41) is 2.81. The number of methoxy groups -OCH3 is 2. The van der Waals surface area contributed by atoms with Crippen LogP contribution >= 0.6 is 12.4 Å². The van der Waals surface area contributed by atoms with Crippen LogP contribution in [0.4, 0.5) is 13.2 Å². The van der Waals surface area contributed by atoms with Gasteiger partial charge in [0.05, 0.1) is 19.8 Å². The molecule has 1 aliphatic heterocycles. The molecule has 1 aliphatic rings. The van der Waals surface area contributed by atoms with E-state index in [4.69, 9.17) is 9.47 Å². The molecule has 0 radical (unpaired) electrons. The summed E-state index contributed by atoms with van der Waals surface area (Å²) in [7, 11) is 4.80. The van der Waals surface area contributed by atoms with Crippen molar-refractivity contribution in [2.45, 2.75) is 37.5 Å². The molecule has 3 aromatic rings. The normalized spacial score (nSPS) is 16.1. The Morgan fingerprint density at radius 3 is 2.24 bits per heavy atom. The standard InChI is InChI=1S/C29H31F3N2O3.ClH/c1-33-28(35)27(20-7-5-4-6-8-20)34-16-15-21-17-25(36-2)26(37-3)18-23(21)24(34)14-11-19-9-12-22(13-10-19)29(30,31)32;/h4-10,12-13,17-18,24,27H,11,14-16H2,1-3H3,(H,33,35);1H/t24-,27-;/m0./s1. The van der Waals surface area contributed by atoms with Gasteiger partial charge in [0, 0.05) is 19.6 Å².